The highest BCUT2D eigenvalue weighted by molar-refractivity contribution is 7.89. The van der Waals surface area contributed by atoms with Crippen LogP contribution in [0.25, 0.3) is 0 Å². The van der Waals surface area contributed by atoms with E-state index in [9.17, 15) is 13.5 Å². The third-order valence-corrected chi connectivity index (χ3v) is 5.36. The summed E-state index contributed by atoms with van der Waals surface area (Å²) in [4.78, 5) is 4.49. The molecule has 0 aromatic heterocycles. The number of aryl methyl sites for hydroxylation is 1. The molecule has 1 N–H and O–H groups in total. The van der Waals surface area contributed by atoms with Gasteiger partial charge in [0.05, 0.1) is 17.7 Å². The summed E-state index contributed by atoms with van der Waals surface area (Å²) in [6.45, 7) is 1.84. The first-order valence-corrected chi connectivity index (χ1v) is 8.64. The van der Waals surface area contributed by atoms with Gasteiger partial charge in [-0.1, -0.05) is 12.1 Å². The molecule has 0 aliphatic carbocycles. The number of para-hydroxylation sites is 1. The van der Waals surface area contributed by atoms with Crippen molar-refractivity contribution in [1.82, 2.24) is 4.31 Å². The van der Waals surface area contributed by atoms with Gasteiger partial charge in [-0.25, -0.2) is 12.7 Å². The number of hydrogen-bond donors (Lipinski definition) is 1. The Labute approximate surface area is 142 Å². The molecule has 0 fully saturated rings. The van der Waals surface area contributed by atoms with E-state index in [1.165, 1.54) is 33.5 Å². The predicted octanol–water partition coefficient (Wildman–Crippen LogP) is 2.71. The van der Waals surface area contributed by atoms with Gasteiger partial charge >= 0.3 is 0 Å². The van der Waals surface area contributed by atoms with Gasteiger partial charge in [-0.15, -0.1) is 0 Å². The van der Waals surface area contributed by atoms with E-state index in [2.05, 4.69) is 4.99 Å². The average molecular weight is 348 g/mol. The van der Waals surface area contributed by atoms with E-state index in [4.69, 9.17) is 4.74 Å². The monoisotopic (exact) mass is 348 g/mol. The summed E-state index contributed by atoms with van der Waals surface area (Å²) in [5.41, 5.74) is 1.82. The van der Waals surface area contributed by atoms with Crippen molar-refractivity contribution in [3.63, 3.8) is 0 Å². The first-order chi connectivity index (χ1) is 11.3. The summed E-state index contributed by atoms with van der Waals surface area (Å²) in [7, 11) is 0.897. The number of rotatable bonds is 5. The van der Waals surface area contributed by atoms with E-state index in [0.29, 0.717) is 17.0 Å². The first-order valence-electron chi connectivity index (χ1n) is 7.20. The Bertz CT molecular complexity index is 874. The lowest BCUT2D eigenvalue weighted by Crippen LogP contribution is -2.22. The molecule has 128 valence electrons. The largest absolute Gasteiger partial charge is 0.504 e. The molecule has 0 saturated carbocycles. The molecule has 0 amide bonds. The van der Waals surface area contributed by atoms with Crippen LogP contribution in [0.4, 0.5) is 5.69 Å². The molecule has 2 aromatic carbocycles. The second kappa shape index (κ2) is 7.02. The number of aliphatic imine (C=N–C) groups is 1. The van der Waals surface area contributed by atoms with Crippen molar-refractivity contribution in [2.24, 2.45) is 4.99 Å². The molecule has 0 aliphatic heterocycles. The zero-order valence-corrected chi connectivity index (χ0v) is 14.8. The van der Waals surface area contributed by atoms with Crippen molar-refractivity contribution in [3.05, 3.63) is 47.5 Å². The Balaban J connectivity index is 2.44. The van der Waals surface area contributed by atoms with E-state index >= 15 is 0 Å². The number of aromatic hydroxyl groups is 1. The van der Waals surface area contributed by atoms with Gasteiger partial charge in [0.25, 0.3) is 0 Å². The maximum atomic E-state index is 12.2. The Kier molecular flexibility index (Phi) is 5.26. The van der Waals surface area contributed by atoms with Gasteiger partial charge in [-0.2, -0.15) is 0 Å². The van der Waals surface area contributed by atoms with Gasteiger partial charge < -0.3 is 9.84 Å². The summed E-state index contributed by atoms with van der Waals surface area (Å²) in [6.07, 6.45) is 1.48. The zero-order valence-electron chi connectivity index (χ0n) is 14.0. The van der Waals surface area contributed by atoms with Crippen LogP contribution in [-0.2, 0) is 10.0 Å². The van der Waals surface area contributed by atoms with E-state index in [0.717, 1.165) is 9.87 Å². The Morgan fingerprint density at radius 2 is 1.92 bits per heavy atom. The highest BCUT2D eigenvalue weighted by atomic mass is 32.2. The SMILES string of the molecule is COc1cccc(C=Nc2cc(S(=O)(=O)N(C)C)ccc2C)c1O. The van der Waals surface area contributed by atoms with Gasteiger partial charge in [0.2, 0.25) is 10.0 Å². The fraction of sp³-hybridized carbons (Fsp3) is 0.235. The number of hydrogen-bond acceptors (Lipinski definition) is 5. The van der Waals surface area contributed by atoms with Crippen LogP contribution in [0.3, 0.4) is 0 Å². The van der Waals surface area contributed by atoms with E-state index in [1.807, 2.05) is 6.92 Å². The fourth-order valence-electron chi connectivity index (χ4n) is 2.05. The van der Waals surface area contributed by atoms with Gasteiger partial charge in [0.15, 0.2) is 11.5 Å². The highest BCUT2D eigenvalue weighted by Gasteiger charge is 2.18. The van der Waals surface area contributed by atoms with Crippen molar-refractivity contribution in [1.29, 1.82) is 0 Å². The number of benzene rings is 2. The Morgan fingerprint density at radius 1 is 1.21 bits per heavy atom. The molecule has 2 aromatic rings. The minimum atomic E-state index is -3.53. The molecule has 24 heavy (non-hydrogen) atoms. The van der Waals surface area contributed by atoms with E-state index in [1.54, 1.807) is 30.3 Å². The van der Waals surface area contributed by atoms with Gasteiger partial charge in [0, 0.05) is 25.9 Å². The maximum Gasteiger partial charge on any atom is 0.242 e. The van der Waals surface area contributed by atoms with Crippen molar-refractivity contribution >= 4 is 21.9 Å². The van der Waals surface area contributed by atoms with Crippen molar-refractivity contribution < 1.29 is 18.3 Å². The zero-order chi connectivity index (χ0) is 17.9. The molecule has 0 atom stereocenters. The third-order valence-electron chi connectivity index (χ3n) is 3.55. The topological polar surface area (TPSA) is 79.2 Å². The summed E-state index contributed by atoms with van der Waals surface area (Å²) >= 11 is 0. The van der Waals surface area contributed by atoms with Crippen LogP contribution in [-0.4, -0.2) is 45.2 Å². The normalized spacial score (nSPS) is 12.0. The Hall–Kier alpha value is -2.38. The molecule has 0 spiro atoms. The lowest BCUT2D eigenvalue weighted by Gasteiger charge is -2.12. The fourth-order valence-corrected chi connectivity index (χ4v) is 2.97. The maximum absolute atomic E-state index is 12.2. The van der Waals surface area contributed by atoms with E-state index < -0.39 is 10.0 Å². The number of nitrogens with zero attached hydrogens (tertiary/aromatic N) is 2. The molecule has 7 heteroatoms. The van der Waals surface area contributed by atoms with Crippen LogP contribution >= 0.6 is 0 Å². The summed E-state index contributed by atoms with van der Waals surface area (Å²) in [6, 6.07) is 9.83. The molecular formula is C17H20N2O4S. The van der Waals surface area contributed by atoms with Crippen molar-refractivity contribution in [2.75, 3.05) is 21.2 Å². The molecule has 6 nitrogen and oxygen atoms in total. The van der Waals surface area contributed by atoms with Crippen molar-refractivity contribution in [3.8, 4) is 11.5 Å². The second-order valence-electron chi connectivity index (χ2n) is 5.39. The van der Waals surface area contributed by atoms with E-state index in [-0.39, 0.29) is 10.6 Å². The lowest BCUT2D eigenvalue weighted by atomic mass is 10.2. The molecule has 0 unspecified atom stereocenters. The van der Waals surface area contributed by atoms with Crippen LogP contribution in [0.15, 0.2) is 46.3 Å². The minimum Gasteiger partial charge on any atom is -0.504 e. The number of methoxy groups -OCH3 is 1. The summed E-state index contributed by atoms with van der Waals surface area (Å²) in [5.74, 6) is 0.332. The summed E-state index contributed by atoms with van der Waals surface area (Å²) < 4.78 is 30.7. The third kappa shape index (κ3) is 3.58. The minimum absolute atomic E-state index is 0.0153. The van der Waals surface area contributed by atoms with Gasteiger partial charge in [-0.3, -0.25) is 4.99 Å². The highest BCUT2D eigenvalue weighted by Crippen LogP contribution is 2.29. The number of ether oxygens (including phenoxy) is 1. The summed E-state index contributed by atoms with van der Waals surface area (Å²) in [5, 5.41) is 10.1. The Morgan fingerprint density at radius 3 is 2.54 bits per heavy atom. The molecular weight excluding hydrogens is 328 g/mol. The number of phenols is 1. The first kappa shape index (κ1) is 18.0. The molecule has 0 radical (unpaired) electrons. The van der Waals surface area contributed by atoms with Crippen LogP contribution < -0.4 is 4.74 Å². The molecule has 0 bridgehead atoms. The van der Waals surface area contributed by atoms with Crippen molar-refractivity contribution in [2.45, 2.75) is 11.8 Å². The van der Waals surface area contributed by atoms with Crippen LogP contribution in [0, 0.1) is 6.92 Å². The van der Waals surface area contributed by atoms with Crippen LogP contribution in [0.5, 0.6) is 11.5 Å². The molecule has 0 aliphatic rings. The molecule has 0 heterocycles. The van der Waals surface area contributed by atoms with Crippen LogP contribution in [0.1, 0.15) is 11.1 Å². The molecule has 2 rings (SSSR count). The smallest absolute Gasteiger partial charge is 0.242 e. The van der Waals surface area contributed by atoms with Gasteiger partial charge in [-0.05, 0) is 36.8 Å². The van der Waals surface area contributed by atoms with Gasteiger partial charge in [0.1, 0.15) is 0 Å². The lowest BCUT2D eigenvalue weighted by molar-refractivity contribution is 0.373. The quantitative estimate of drug-likeness (QED) is 0.843. The number of phenolic OH excluding ortho intramolecular Hbond substituents is 1. The number of sulfonamides is 1. The standard InChI is InChI=1S/C17H20N2O4S/c1-12-8-9-14(24(21,22)19(2)3)10-15(12)18-11-13-6-5-7-16(23-4)17(13)20/h5-11,20H,1-4H3. The molecule has 0 saturated heterocycles. The predicted molar refractivity (Wildman–Crippen MR) is 94.0 cm³/mol. The second-order valence-corrected chi connectivity index (χ2v) is 7.54. The average Bonchev–Trinajstić information content (AvgIpc) is 2.54. The van der Waals surface area contributed by atoms with Crippen LogP contribution in [0.2, 0.25) is 0 Å².